The van der Waals surface area contributed by atoms with Crippen LogP contribution in [0.25, 0.3) is 5.57 Å². The molecule has 2 heterocycles. The van der Waals surface area contributed by atoms with Crippen molar-refractivity contribution < 1.29 is 14.8 Å². The highest BCUT2D eigenvalue weighted by Gasteiger charge is 2.55. The monoisotopic (exact) mass is 397 g/mol. The van der Waals surface area contributed by atoms with Crippen LogP contribution in [-0.2, 0) is 9.59 Å². The zero-order chi connectivity index (χ0) is 20.8. The molecule has 1 aliphatic carbocycles. The van der Waals surface area contributed by atoms with Crippen molar-refractivity contribution in [2.45, 2.75) is 51.6 Å². The van der Waals surface area contributed by atoms with Crippen molar-refractivity contribution >= 4 is 17.3 Å². The van der Waals surface area contributed by atoms with E-state index in [9.17, 15) is 14.8 Å². The maximum atomic E-state index is 13.5. The van der Waals surface area contributed by atoms with Gasteiger partial charge in [-0.3, -0.25) is 19.7 Å². The number of Topliss-reactive ketones (excluding diaryl/α,β-unsaturated/α-hetero) is 1. The van der Waals surface area contributed by atoms with Crippen LogP contribution in [0.1, 0.15) is 42.4 Å². The summed E-state index contributed by atoms with van der Waals surface area (Å²) in [5.41, 5.74) is 6.72. The first-order chi connectivity index (χ1) is 13.8. The molecule has 0 aromatic heterocycles. The van der Waals surface area contributed by atoms with Crippen LogP contribution >= 0.6 is 0 Å². The van der Waals surface area contributed by atoms with Gasteiger partial charge < -0.3 is 5.32 Å². The molecule has 2 aliphatic heterocycles. The maximum Gasteiger partial charge on any atom is 0.248 e. The second-order valence-corrected chi connectivity index (χ2v) is 9.32. The van der Waals surface area contributed by atoms with Gasteiger partial charge in [0.25, 0.3) is 0 Å². The van der Waals surface area contributed by atoms with Gasteiger partial charge in [0.15, 0.2) is 5.78 Å². The Hall–Kier alpha value is -2.02. The van der Waals surface area contributed by atoms with E-state index in [2.05, 4.69) is 43.4 Å². The zero-order valence-corrected chi connectivity index (χ0v) is 17.5. The standard InChI is InChI=1S/C23H31N3O3/c1-14-8-15(2)10-17(9-14)16-4-7-24-19(11-16)21(27)20-18(22(28)25-29)12-23(5-6-23)13-26(20)3/h4,8-10,18-20,24,29H,5-7,11-13H2,1-3H3,(H,25,28)/t18-,19?,20-/m0/s1. The molecule has 1 aromatic carbocycles. The molecule has 156 valence electrons. The smallest absolute Gasteiger partial charge is 0.248 e. The van der Waals surface area contributed by atoms with Crippen molar-refractivity contribution in [1.82, 2.24) is 15.7 Å². The first-order valence-electron chi connectivity index (χ1n) is 10.5. The molecule has 6 heteroatoms. The third-order valence-corrected chi connectivity index (χ3v) is 6.86. The number of nitrogens with zero attached hydrogens (tertiary/aromatic N) is 1. The van der Waals surface area contributed by atoms with E-state index in [-0.39, 0.29) is 17.2 Å². The molecular weight excluding hydrogens is 366 g/mol. The molecule has 3 aliphatic rings. The van der Waals surface area contributed by atoms with Crippen LogP contribution in [0.15, 0.2) is 24.3 Å². The molecule has 6 nitrogen and oxygen atoms in total. The van der Waals surface area contributed by atoms with Gasteiger partial charge in [0, 0.05) is 13.1 Å². The number of hydrogen-bond acceptors (Lipinski definition) is 5. The number of piperidine rings is 1. The molecule has 0 bridgehead atoms. The van der Waals surface area contributed by atoms with Crippen LogP contribution in [0.4, 0.5) is 0 Å². The highest BCUT2D eigenvalue weighted by Crippen LogP contribution is 2.54. The molecule has 1 spiro atoms. The predicted molar refractivity (Wildman–Crippen MR) is 111 cm³/mol. The molecular formula is C23H31N3O3. The Labute approximate surface area is 172 Å². The molecule has 29 heavy (non-hydrogen) atoms. The second-order valence-electron chi connectivity index (χ2n) is 9.32. The number of hydrogen-bond donors (Lipinski definition) is 3. The number of benzene rings is 1. The zero-order valence-electron chi connectivity index (χ0n) is 17.5. The summed E-state index contributed by atoms with van der Waals surface area (Å²) in [5.74, 6) is -0.903. The minimum atomic E-state index is -0.510. The van der Waals surface area contributed by atoms with Crippen molar-refractivity contribution in [3.63, 3.8) is 0 Å². The van der Waals surface area contributed by atoms with E-state index in [1.807, 2.05) is 11.9 Å². The summed E-state index contributed by atoms with van der Waals surface area (Å²) in [5, 5.41) is 12.6. The molecule has 1 saturated heterocycles. The van der Waals surface area contributed by atoms with E-state index in [0.717, 1.165) is 19.4 Å². The second kappa shape index (κ2) is 7.67. The Morgan fingerprint density at radius 1 is 1.21 bits per heavy atom. The number of amides is 1. The van der Waals surface area contributed by atoms with Gasteiger partial charge in [-0.05, 0) is 63.1 Å². The Balaban J connectivity index is 1.55. The number of nitrogens with one attached hydrogen (secondary N) is 2. The van der Waals surface area contributed by atoms with Crippen molar-refractivity contribution in [3.05, 3.63) is 41.0 Å². The average Bonchev–Trinajstić information content (AvgIpc) is 3.44. The summed E-state index contributed by atoms with van der Waals surface area (Å²) in [6.07, 6.45) is 5.63. The summed E-state index contributed by atoms with van der Waals surface area (Å²) in [4.78, 5) is 28.0. The van der Waals surface area contributed by atoms with Crippen molar-refractivity contribution in [2.75, 3.05) is 20.1 Å². The molecule has 4 rings (SSSR count). The van der Waals surface area contributed by atoms with Crippen LogP contribution in [0.5, 0.6) is 0 Å². The number of carbonyl (C=O) groups is 2. The molecule has 1 saturated carbocycles. The highest BCUT2D eigenvalue weighted by molar-refractivity contribution is 5.96. The summed E-state index contributed by atoms with van der Waals surface area (Å²) in [6, 6.07) is 5.64. The average molecular weight is 398 g/mol. The van der Waals surface area contributed by atoms with Gasteiger partial charge in [0.05, 0.1) is 18.0 Å². The molecule has 2 fully saturated rings. The topological polar surface area (TPSA) is 81.7 Å². The first-order valence-corrected chi connectivity index (χ1v) is 10.5. The Morgan fingerprint density at radius 2 is 1.90 bits per heavy atom. The Kier molecular flexibility index (Phi) is 5.36. The highest BCUT2D eigenvalue weighted by atomic mass is 16.5. The van der Waals surface area contributed by atoms with Gasteiger partial charge in [0.1, 0.15) is 0 Å². The van der Waals surface area contributed by atoms with Crippen LogP contribution in [0, 0.1) is 25.2 Å². The quantitative estimate of drug-likeness (QED) is 0.536. The number of carbonyl (C=O) groups excluding carboxylic acids is 2. The lowest BCUT2D eigenvalue weighted by atomic mass is 9.76. The van der Waals surface area contributed by atoms with E-state index in [0.29, 0.717) is 19.4 Å². The molecule has 0 radical (unpaired) electrons. The molecule has 3 atom stereocenters. The molecule has 1 amide bonds. The molecule has 3 N–H and O–H groups in total. The normalized spacial score (nSPS) is 28.7. The van der Waals surface area contributed by atoms with Gasteiger partial charge in [-0.1, -0.05) is 35.4 Å². The fraction of sp³-hybridized carbons (Fsp3) is 0.565. The molecule has 1 aromatic rings. The summed E-state index contributed by atoms with van der Waals surface area (Å²) in [7, 11) is 1.93. The lowest BCUT2D eigenvalue weighted by Gasteiger charge is -2.43. The Morgan fingerprint density at radius 3 is 2.52 bits per heavy atom. The van der Waals surface area contributed by atoms with Crippen LogP contribution < -0.4 is 10.8 Å². The van der Waals surface area contributed by atoms with Crippen LogP contribution in [0.3, 0.4) is 0 Å². The summed E-state index contributed by atoms with van der Waals surface area (Å²) >= 11 is 0. The minimum Gasteiger partial charge on any atom is -0.304 e. The number of aryl methyl sites for hydroxylation is 2. The van der Waals surface area contributed by atoms with E-state index in [1.54, 1.807) is 5.48 Å². The fourth-order valence-corrected chi connectivity index (χ4v) is 5.35. The molecule has 1 unspecified atom stereocenters. The number of likely N-dealkylation sites (N-methyl/N-ethyl adjacent to an activating group) is 1. The van der Waals surface area contributed by atoms with E-state index in [1.165, 1.54) is 22.3 Å². The van der Waals surface area contributed by atoms with Gasteiger partial charge in [-0.25, -0.2) is 5.48 Å². The summed E-state index contributed by atoms with van der Waals surface area (Å²) in [6.45, 7) is 5.65. The third-order valence-electron chi connectivity index (χ3n) is 6.86. The third kappa shape index (κ3) is 4.02. The van der Waals surface area contributed by atoms with E-state index in [4.69, 9.17) is 0 Å². The lowest BCUT2D eigenvalue weighted by Crippen LogP contribution is -2.59. The van der Waals surface area contributed by atoms with Gasteiger partial charge >= 0.3 is 0 Å². The fourth-order valence-electron chi connectivity index (χ4n) is 5.35. The number of likely N-dealkylation sites (tertiary alicyclic amines) is 1. The SMILES string of the molecule is Cc1cc(C)cc(C2=CCNC(C(=O)[C@@H]3[C@@H](C(=O)NO)CC4(CC4)CN3C)C2)c1. The van der Waals surface area contributed by atoms with E-state index >= 15 is 0 Å². The summed E-state index contributed by atoms with van der Waals surface area (Å²) < 4.78 is 0. The van der Waals surface area contributed by atoms with Crippen molar-refractivity contribution in [3.8, 4) is 0 Å². The van der Waals surface area contributed by atoms with Crippen LogP contribution in [-0.4, -0.2) is 54.0 Å². The van der Waals surface area contributed by atoms with Crippen LogP contribution in [0.2, 0.25) is 0 Å². The number of rotatable bonds is 4. The van der Waals surface area contributed by atoms with Gasteiger partial charge in [0.2, 0.25) is 5.91 Å². The predicted octanol–water partition coefficient (Wildman–Crippen LogP) is 2.22. The first kappa shape index (κ1) is 20.3. The minimum absolute atomic E-state index is 0.0478. The largest absolute Gasteiger partial charge is 0.304 e. The lowest BCUT2D eigenvalue weighted by molar-refractivity contribution is -0.145. The van der Waals surface area contributed by atoms with Gasteiger partial charge in [-0.15, -0.1) is 0 Å². The van der Waals surface area contributed by atoms with Crippen molar-refractivity contribution in [1.29, 1.82) is 0 Å². The number of ketones is 1. The number of hydroxylamine groups is 1. The Bertz CT molecular complexity index is 839. The van der Waals surface area contributed by atoms with Crippen molar-refractivity contribution in [2.24, 2.45) is 11.3 Å². The van der Waals surface area contributed by atoms with Gasteiger partial charge in [-0.2, -0.15) is 0 Å². The maximum absolute atomic E-state index is 13.5. The van der Waals surface area contributed by atoms with E-state index < -0.39 is 17.9 Å².